The number of hydrogen-bond donors (Lipinski definition) is 1. The molecule has 3 aromatic rings. The van der Waals surface area contributed by atoms with Crippen molar-refractivity contribution in [3.8, 4) is 5.75 Å². The summed E-state index contributed by atoms with van der Waals surface area (Å²) >= 11 is 0. The van der Waals surface area contributed by atoms with E-state index >= 15 is 0 Å². The van der Waals surface area contributed by atoms with Gasteiger partial charge in [-0.2, -0.15) is 0 Å². The van der Waals surface area contributed by atoms with Gasteiger partial charge in [-0.05, 0) is 55.0 Å². The zero-order valence-electron chi connectivity index (χ0n) is 15.7. The molecule has 0 unspecified atom stereocenters. The first-order valence-electron chi connectivity index (χ1n) is 8.86. The highest BCUT2D eigenvalue weighted by atomic mass is 16.5. The topological polar surface area (TPSA) is 81.9 Å². The predicted molar refractivity (Wildman–Crippen MR) is 101 cm³/mol. The minimum atomic E-state index is -0.145. The highest BCUT2D eigenvalue weighted by Crippen LogP contribution is 2.16. The highest BCUT2D eigenvalue weighted by Gasteiger charge is 2.11. The van der Waals surface area contributed by atoms with E-state index in [0.29, 0.717) is 23.7 Å². The molecule has 0 bridgehead atoms. The fourth-order valence-corrected chi connectivity index (χ4v) is 2.57. The summed E-state index contributed by atoms with van der Waals surface area (Å²) in [5.41, 5.74) is 2.79. The second kappa shape index (κ2) is 8.44. The molecule has 0 aliphatic heterocycles. The van der Waals surface area contributed by atoms with E-state index in [-0.39, 0.29) is 18.6 Å². The molecule has 0 radical (unpaired) electrons. The van der Waals surface area contributed by atoms with E-state index in [9.17, 15) is 4.79 Å². The number of nitrogens with zero attached hydrogens (tertiary/aromatic N) is 4. The second-order valence-electron chi connectivity index (χ2n) is 6.62. The average Bonchev–Trinajstić information content (AvgIpc) is 3.15. The summed E-state index contributed by atoms with van der Waals surface area (Å²) in [6.45, 7) is 6.75. The molecule has 1 N–H and O–H groups in total. The molecule has 7 nitrogen and oxygen atoms in total. The van der Waals surface area contributed by atoms with Crippen LogP contribution in [0.25, 0.3) is 0 Å². The van der Waals surface area contributed by atoms with Gasteiger partial charge < -0.3 is 10.1 Å². The monoisotopic (exact) mass is 365 g/mol. The molecule has 2 aromatic carbocycles. The normalized spacial score (nSPS) is 10.8. The van der Waals surface area contributed by atoms with Crippen LogP contribution in [0.5, 0.6) is 5.75 Å². The molecule has 1 amide bonds. The molecule has 27 heavy (non-hydrogen) atoms. The van der Waals surface area contributed by atoms with Gasteiger partial charge in [0.1, 0.15) is 12.4 Å². The molecular weight excluding hydrogens is 342 g/mol. The van der Waals surface area contributed by atoms with Crippen molar-refractivity contribution >= 4 is 5.91 Å². The number of rotatable bonds is 7. The Bertz CT molecular complexity index is 903. The lowest BCUT2D eigenvalue weighted by Gasteiger charge is -2.10. The van der Waals surface area contributed by atoms with Crippen molar-refractivity contribution in [2.75, 3.05) is 0 Å². The summed E-state index contributed by atoms with van der Waals surface area (Å²) in [5.74, 6) is 1.09. The standard InChI is InChI=1S/C20H23N5O2/c1-14(2)25-19(22-23-24-25)13-27-18-6-4-5-17(11-18)20(26)21-12-16-9-7-15(3)8-10-16/h4-11,14H,12-13H2,1-3H3,(H,21,26). The van der Waals surface area contributed by atoms with Crippen LogP contribution < -0.4 is 10.1 Å². The van der Waals surface area contributed by atoms with Gasteiger partial charge in [0.15, 0.2) is 5.82 Å². The number of carbonyl (C=O) groups excluding carboxylic acids is 1. The van der Waals surface area contributed by atoms with Crippen molar-refractivity contribution < 1.29 is 9.53 Å². The summed E-state index contributed by atoms with van der Waals surface area (Å²) in [6, 6.07) is 15.3. The van der Waals surface area contributed by atoms with Crippen LogP contribution in [0.1, 0.15) is 47.2 Å². The van der Waals surface area contributed by atoms with Gasteiger partial charge in [0.05, 0.1) is 6.04 Å². The minimum Gasteiger partial charge on any atom is -0.486 e. The summed E-state index contributed by atoms with van der Waals surface area (Å²) < 4.78 is 7.47. The maximum atomic E-state index is 12.4. The maximum Gasteiger partial charge on any atom is 0.251 e. The molecule has 140 valence electrons. The van der Waals surface area contributed by atoms with Crippen LogP contribution in [0.15, 0.2) is 48.5 Å². The van der Waals surface area contributed by atoms with Crippen LogP contribution in [0.2, 0.25) is 0 Å². The summed E-state index contributed by atoms with van der Waals surface area (Å²) in [7, 11) is 0. The third kappa shape index (κ3) is 4.91. The molecule has 0 aliphatic rings. The summed E-state index contributed by atoms with van der Waals surface area (Å²) in [5, 5.41) is 14.5. The average molecular weight is 365 g/mol. The first-order chi connectivity index (χ1) is 13.0. The van der Waals surface area contributed by atoms with E-state index in [0.717, 1.165) is 5.56 Å². The predicted octanol–water partition coefficient (Wildman–Crippen LogP) is 3.07. The van der Waals surface area contributed by atoms with Crippen molar-refractivity contribution in [2.45, 2.75) is 40.0 Å². The number of carbonyl (C=O) groups is 1. The van der Waals surface area contributed by atoms with E-state index < -0.39 is 0 Å². The number of tetrazole rings is 1. The largest absolute Gasteiger partial charge is 0.486 e. The van der Waals surface area contributed by atoms with Crippen molar-refractivity contribution in [1.29, 1.82) is 0 Å². The van der Waals surface area contributed by atoms with Crippen molar-refractivity contribution in [3.63, 3.8) is 0 Å². The zero-order valence-corrected chi connectivity index (χ0v) is 15.7. The van der Waals surface area contributed by atoms with E-state index in [1.54, 1.807) is 28.9 Å². The number of aromatic nitrogens is 4. The third-order valence-electron chi connectivity index (χ3n) is 4.09. The maximum absolute atomic E-state index is 12.4. The lowest BCUT2D eigenvalue weighted by Crippen LogP contribution is -2.22. The molecule has 0 saturated heterocycles. The SMILES string of the molecule is Cc1ccc(CNC(=O)c2cccc(OCc3nnnn3C(C)C)c2)cc1. The first kappa shape index (κ1) is 18.6. The van der Waals surface area contributed by atoms with Gasteiger partial charge in [-0.3, -0.25) is 4.79 Å². The van der Waals surface area contributed by atoms with Gasteiger partial charge in [-0.25, -0.2) is 4.68 Å². The number of benzene rings is 2. The van der Waals surface area contributed by atoms with Crippen molar-refractivity contribution in [3.05, 3.63) is 71.0 Å². The molecule has 1 aromatic heterocycles. The molecule has 0 saturated carbocycles. The zero-order chi connectivity index (χ0) is 19.2. The van der Waals surface area contributed by atoms with Gasteiger partial charge >= 0.3 is 0 Å². The Morgan fingerprint density at radius 3 is 2.70 bits per heavy atom. The van der Waals surface area contributed by atoms with Gasteiger partial charge in [-0.15, -0.1) is 5.10 Å². The van der Waals surface area contributed by atoms with Crippen LogP contribution in [0, 0.1) is 6.92 Å². The molecule has 0 spiro atoms. The highest BCUT2D eigenvalue weighted by molar-refractivity contribution is 5.94. The molecule has 1 heterocycles. The third-order valence-corrected chi connectivity index (χ3v) is 4.09. The number of hydrogen-bond acceptors (Lipinski definition) is 5. The van der Waals surface area contributed by atoms with E-state index in [1.807, 2.05) is 45.0 Å². The lowest BCUT2D eigenvalue weighted by molar-refractivity contribution is 0.0950. The number of aryl methyl sites for hydroxylation is 1. The van der Waals surface area contributed by atoms with Gasteiger partial charge in [0.2, 0.25) is 0 Å². The number of amides is 1. The fraction of sp³-hybridized carbons (Fsp3) is 0.300. The second-order valence-corrected chi connectivity index (χ2v) is 6.62. The van der Waals surface area contributed by atoms with Crippen LogP contribution in [-0.4, -0.2) is 26.1 Å². The smallest absolute Gasteiger partial charge is 0.251 e. The Labute approximate surface area is 158 Å². The molecule has 0 atom stereocenters. The molecule has 3 rings (SSSR count). The molecule has 0 aliphatic carbocycles. The van der Waals surface area contributed by atoms with Gasteiger partial charge in [0, 0.05) is 12.1 Å². The molecule has 7 heteroatoms. The Morgan fingerprint density at radius 2 is 1.96 bits per heavy atom. The first-order valence-corrected chi connectivity index (χ1v) is 8.86. The van der Waals surface area contributed by atoms with E-state index in [1.165, 1.54) is 5.56 Å². The molecular formula is C20H23N5O2. The van der Waals surface area contributed by atoms with Crippen LogP contribution in [0.4, 0.5) is 0 Å². The van der Waals surface area contributed by atoms with E-state index in [2.05, 4.69) is 20.8 Å². The van der Waals surface area contributed by atoms with Crippen LogP contribution >= 0.6 is 0 Å². The Hall–Kier alpha value is -3.22. The quantitative estimate of drug-likeness (QED) is 0.696. The fourth-order valence-electron chi connectivity index (χ4n) is 2.57. The number of nitrogens with one attached hydrogen (secondary N) is 1. The van der Waals surface area contributed by atoms with E-state index in [4.69, 9.17) is 4.74 Å². The summed E-state index contributed by atoms with van der Waals surface area (Å²) in [4.78, 5) is 12.4. The van der Waals surface area contributed by atoms with Gasteiger partial charge in [-0.1, -0.05) is 35.9 Å². The van der Waals surface area contributed by atoms with Gasteiger partial charge in [0.25, 0.3) is 5.91 Å². The Balaban J connectivity index is 1.60. The minimum absolute atomic E-state index is 0.145. The number of ether oxygens (including phenoxy) is 1. The molecule has 0 fully saturated rings. The Morgan fingerprint density at radius 1 is 1.19 bits per heavy atom. The van der Waals surface area contributed by atoms with Crippen molar-refractivity contribution in [1.82, 2.24) is 25.5 Å². The Kier molecular flexibility index (Phi) is 5.80. The van der Waals surface area contributed by atoms with Crippen LogP contribution in [0.3, 0.4) is 0 Å². The van der Waals surface area contributed by atoms with Crippen molar-refractivity contribution in [2.24, 2.45) is 0 Å². The summed E-state index contributed by atoms with van der Waals surface area (Å²) in [6.07, 6.45) is 0. The lowest BCUT2D eigenvalue weighted by atomic mass is 10.1. The van der Waals surface area contributed by atoms with Crippen LogP contribution in [-0.2, 0) is 13.2 Å².